The summed E-state index contributed by atoms with van der Waals surface area (Å²) in [4.78, 5) is 19.6. The molecule has 0 bridgehead atoms. The van der Waals surface area contributed by atoms with E-state index in [1.54, 1.807) is 12.4 Å². The molecule has 3 aromatic rings. The van der Waals surface area contributed by atoms with Crippen molar-refractivity contribution >= 4 is 18.1 Å². The van der Waals surface area contributed by atoms with Gasteiger partial charge >= 0.3 is 0 Å². The first-order chi connectivity index (χ1) is 14.5. The van der Waals surface area contributed by atoms with Crippen LogP contribution in [0, 0.1) is 12.7 Å². The van der Waals surface area contributed by atoms with Gasteiger partial charge in [-0.25, -0.2) is 9.37 Å². The molecule has 2 aromatic carbocycles. The Balaban J connectivity index is 1.84. The maximum absolute atomic E-state index is 13.4. The van der Waals surface area contributed by atoms with Crippen LogP contribution in [0.1, 0.15) is 34.9 Å². The molecule has 1 N–H and O–H groups in total. The van der Waals surface area contributed by atoms with Crippen molar-refractivity contribution in [2.24, 2.45) is 4.99 Å². The lowest BCUT2D eigenvalue weighted by Crippen LogP contribution is -2.09. The fourth-order valence-corrected chi connectivity index (χ4v) is 3.31. The van der Waals surface area contributed by atoms with E-state index in [1.807, 2.05) is 23.6 Å². The van der Waals surface area contributed by atoms with Crippen molar-refractivity contribution in [3.63, 3.8) is 0 Å². The molecule has 6 heteroatoms. The van der Waals surface area contributed by atoms with E-state index in [0.717, 1.165) is 23.8 Å². The van der Waals surface area contributed by atoms with Crippen LogP contribution in [0.25, 0.3) is 6.08 Å². The van der Waals surface area contributed by atoms with Crippen molar-refractivity contribution < 1.29 is 14.3 Å². The van der Waals surface area contributed by atoms with Gasteiger partial charge < -0.3 is 9.67 Å². The summed E-state index contributed by atoms with van der Waals surface area (Å²) in [6, 6.07) is 14.9. The number of halogens is 1. The fourth-order valence-electron chi connectivity index (χ4n) is 3.31. The van der Waals surface area contributed by atoms with Crippen LogP contribution >= 0.6 is 0 Å². The predicted octanol–water partition coefficient (Wildman–Crippen LogP) is 4.72. The van der Waals surface area contributed by atoms with Gasteiger partial charge in [0, 0.05) is 38.0 Å². The summed E-state index contributed by atoms with van der Waals surface area (Å²) < 4.78 is 15.3. The minimum Gasteiger partial charge on any atom is -0.504 e. The molecular formula is C24H24FN3O2. The summed E-state index contributed by atoms with van der Waals surface area (Å²) in [5, 5.41) is 9.96. The van der Waals surface area contributed by atoms with Gasteiger partial charge in [-0.2, -0.15) is 0 Å². The molecule has 0 saturated heterocycles. The van der Waals surface area contributed by atoms with E-state index in [4.69, 9.17) is 0 Å². The number of imidazole rings is 1. The lowest BCUT2D eigenvalue weighted by Gasteiger charge is -2.19. The van der Waals surface area contributed by atoms with Gasteiger partial charge in [0.05, 0.1) is 6.21 Å². The number of aliphatic hydroxyl groups excluding tert-OH is 1. The summed E-state index contributed by atoms with van der Waals surface area (Å²) in [5.41, 5.74) is 3.34. The van der Waals surface area contributed by atoms with Crippen LogP contribution in [0.15, 0.2) is 71.7 Å². The first-order valence-corrected chi connectivity index (χ1v) is 9.68. The maximum Gasteiger partial charge on any atom is 0.237 e. The highest BCUT2D eigenvalue weighted by Gasteiger charge is 2.16. The summed E-state index contributed by atoms with van der Waals surface area (Å²) in [5.74, 6) is -0.711. The molecule has 0 aliphatic carbocycles. The van der Waals surface area contributed by atoms with Crippen LogP contribution in [-0.4, -0.2) is 33.7 Å². The average molecular weight is 405 g/mol. The number of aryl methyl sites for hydroxylation is 2. The summed E-state index contributed by atoms with van der Waals surface area (Å²) in [6.07, 6.45) is 6.55. The summed E-state index contributed by atoms with van der Waals surface area (Å²) >= 11 is 0. The number of aliphatic hydroxyl groups is 1. The Kier molecular flexibility index (Phi) is 6.91. The number of nitrogens with zero attached hydrogens (tertiary/aromatic N) is 3. The smallest absolute Gasteiger partial charge is 0.237 e. The van der Waals surface area contributed by atoms with Gasteiger partial charge in [0.1, 0.15) is 11.6 Å². The Labute approximate surface area is 175 Å². The number of ketones is 1. The first-order valence-electron chi connectivity index (χ1n) is 9.68. The van der Waals surface area contributed by atoms with E-state index in [0.29, 0.717) is 12.4 Å². The number of allylic oxidation sites excluding steroid dienone is 1. The third kappa shape index (κ3) is 5.29. The van der Waals surface area contributed by atoms with Crippen LogP contribution in [0.2, 0.25) is 0 Å². The van der Waals surface area contributed by atoms with Gasteiger partial charge in [0.2, 0.25) is 5.78 Å². The van der Waals surface area contributed by atoms with Crippen molar-refractivity contribution in [2.75, 3.05) is 7.05 Å². The van der Waals surface area contributed by atoms with Crippen LogP contribution in [-0.2, 0) is 11.3 Å². The van der Waals surface area contributed by atoms with Crippen LogP contribution in [0.3, 0.4) is 0 Å². The topological polar surface area (TPSA) is 67.5 Å². The molecule has 1 heterocycles. The predicted molar refractivity (Wildman–Crippen MR) is 116 cm³/mol. The number of carbonyl (C=O) groups excluding carboxylic acids is 1. The van der Waals surface area contributed by atoms with E-state index in [2.05, 4.69) is 34.2 Å². The zero-order valence-electron chi connectivity index (χ0n) is 17.0. The molecule has 30 heavy (non-hydrogen) atoms. The van der Waals surface area contributed by atoms with E-state index >= 15 is 0 Å². The van der Waals surface area contributed by atoms with E-state index in [1.165, 1.54) is 30.8 Å². The van der Waals surface area contributed by atoms with Gasteiger partial charge in [-0.3, -0.25) is 9.79 Å². The SMILES string of the molecule is CN=CC(=O)/C(O)=C/c1nccn1CC[C@H](c1ccc(C)cc1)c1ccc(F)cc1. The molecule has 0 aliphatic heterocycles. The standard InChI is InChI=1S/C24H24FN3O2/c1-17-3-5-18(6-4-17)21(19-7-9-20(25)10-8-19)11-13-28-14-12-27-24(28)15-22(29)23(30)16-26-2/h3-10,12,14-16,21,29H,11,13H2,1-2H3/b22-15-,26-16?/t21-/m1/s1. The van der Waals surface area contributed by atoms with Crippen LogP contribution in [0.4, 0.5) is 4.39 Å². The Bertz CT molecular complexity index is 1010. The minimum absolute atomic E-state index is 0.0629. The van der Waals surface area contributed by atoms with E-state index in [-0.39, 0.29) is 11.7 Å². The van der Waals surface area contributed by atoms with Crippen molar-refractivity contribution in [3.8, 4) is 0 Å². The minimum atomic E-state index is -0.573. The van der Waals surface area contributed by atoms with Crippen molar-refractivity contribution in [3.05, 3.63) is 95.0 Å². The second-order valence-electron chi connectivity index (χ2n) is 7.06. The maximum atomic E-state index is 13.4. The highest BCUT2D eigenvalue weighted by Crippen LogP contribution is 2.29. The van der Waals surface area contributed by atoms with Crippen LogP contribution < -0.4 is 0 Å². The molecule has 0 aliphatic rings. The third-order valence-electron chi connectivity index (χ3n) is 4.92. The summed E-state index contributed by atoms with van der Waals surface area (Å²) in [6.45, 7) is 2.64. The molecule has 0 radical (unpaired) electrons. The molecule has 0 fully saturated rings. The Morgan fingerprint density at radius 3 is 2.43 bits per heavy atom. The van der Waals surface area contributed by atoms with Gasteiger partial charge in [0.25, 0.3) is 0 Å². The van der Waals surface area contributed by atoms with E-state index in [9.17, 15) is 14.3 Å². The number of hydrogen-bond acceptors (Lipinski definition) is 4. The second kappa shape index (κ2) is 9.78. The molecule has 0 saturated carbocycles. The number of benzene rings is 2. The molecule has 1 atom stereocenters. The first kappa shape index (κ1) is 21.2. The normalized spacial score (nSPS) is 13.0. The largest absolute Gasteiger partial charge is 0.504 e. The molecule has 154 valence electrons. The molecule has 0 unspecified atom stereocenters. The average Bonchev–Trinajstić information content (AvgIpc) is 3.17. The molecule has 0 spiro atoms. The molecule has 0 amide bonds. The second-order valence-corrected chi connectivity index (χ2v) is 7.06. The van der Waals surface area contributed by atoms with Gasteiger partial charge in [0.15, 0.2) is 5.76 Å². The number of hydrogen-bond donors (Lipinski definition) is 1. The fraction of sp³-hybridized carbons (Fsp3) is 0.208. The van der Waals surface area contributed by atoms with Gasteiger partial charge in [-0.1, -0.05) is 42.0 Å². The Morgan fingerprint density at radius 2 is 1.80 bits per heavy atom. The number of aromatic nitrogens is 2. The third-order valence-corrected chi connectivity index (χ3v) is 4.92. The Morgan fingerprint density at radius 1 is 1.17 bits per heavy atom. The van der Waals surface area contributed by atoms with Crippen molar-refractivity contribution in [1.82, 2.24) is 9.55 Å². The van der Waals surface area contributed by atoms with Gasteiger partial charge in [-0.15, -0.1) is 0 Å². The molecule has 3 rings (SSSR count). The Hall–Kier alpha value is -3.54. The number of Topliss-reactive ketones (excluding diaryl/α,β-unsaturated/α-hetero) is 1. The monoisotopic (exact) mass is 405 g/mol. The molecule has 1 aromatic heterocycles. The molecule has 5 nitrogen and oxygen atoms in total. The molecular weight excluding hydrogens is 381 g/mol. The number of rotatable bonds is 8. The lowest BCUT2D eigenvalue weighted by molar-refractivity contribution is -0.111. The van der Waals surface area contributed by atoms with Crippen molar-refractivity contribution in [2.45, 2.75) is 25.8 Å². The van der Waals surface area contributed by atoms with Gasteiger partial charge in [-0.05, 0) is 36.6 Å². The number of carbonyl (C=O) groups is 1. The number of aliphatic imine (C=N–C) groups is 1. The van der Waals surface area contributed by atoms with Crippen LogP contribution in [0.5, 0.6) is 0 Å². The highest BCUT2D eigenvalue weighted by atomic mass is 19.1. The zero-order chi connectivity index (χ0) is 21.5. The lowest BCUT2D eigenvalue weighted by atomic mass is 9.88. The zero-order valence-corrected chi connectivity index (χ0v) is 17.0. The van der Waals surface area contributed by atoms with Crippen molar-refractivity contribution in [1.29, 1.82) is 0 Å². The van der Waals surface area contributed by atoms with E-state index < -0.39 is 11.5 Å². The quantitative estimate of drug-likeness (QED) is 0.335. The highest BCUT2D eigenvalue weighted by molar-refractivity contribution is 6.35. The summed E-state index contributed by atoms with van der Waals surface area (Å²) in [7, 11) is 1.47.